The first-order valence-corrected chi connectivity index (χ1v) is 7.56. The summed E-state index contributed by atoms with van der Waals surface area (Å²) in [7, 11) is 1.41. The van der Waals surface area contributed by atoms with Crippen molar-refractivity contribution in [2.45, 2.75) is 38.1 Å². The predicted molar refractivity (Wildman–Crippen MR) is 77.3 cm³/mol. The highest BCUT2D eigenvalue weighted by Crippen LogP contribution is 2.28. The molecular formula is C15H21N3O3. The number of carbonyl (C=O) groups is 1. The number of hydrogen-bond acceptors (Lipinski definition) is 6. The molecule has 3 rings (SSSR count). The van der Waals surface area contributed by atoms with Crippen LogP contribution in [0.2, 0.25) is 0 Å². The van der Waals surface area contributed by atoms with E-state index in [1.165, 1.54) is 25.5 Å². The van der Waals surface area contributed by atoms with E-state index in [4.69, 9.17) is 9.47 Å². The van der Waals surface area contributed by atoms with Crippen LogP contribution < -0.4 is 4.90 Å². The monoisotopic (exact) mass is 291 g/mol. The average Bonchev–Trinajstić information content (AvgIpc) is 2.79. The standard InChI is InChI=1S/C15H21N3O3/c1-20-15(19)13-9-21-8-7-18(13)14-11-5-3-2-4-6-12(11)16-10-17-14/h10,13H,2-9H2,1H3. The SMILES string of the molecule is COC(=O)C1COCCN1c1ncnc2c1CCCCC2. The van der Waals surface area contributed by atoms with Crippen LogP contribution in [0, 0.1) is 0 Å². The maximum atomic E-state index is 12.0. The quantitative estimate of drug-likeness (QED) is 0.601. The maximum absolute atomic E-state index is 12.0. The molecule has 1 aromatic rings. The lowest BCUT2D eigenvalue weighted by atomic mass is 10.1. The molecular weight excluding hydrogens is 270 g/mol. The van der Waals surface area contributed by atoms with Gasteiger partial charge in [0.05, 0.1) is 20.3 Å². The van der Waals surface area contributed by atoms with Crippen molar-refractivity contribution in [3.8, 4) is 0 Å². The molecule has 6 nitrogen and oxygen atoms in total. The van der Waals surface area contributed by atoms with Gasteiger partial charge in [-0.05, 0) is 25.7 Å². The van der Waals surface area contributed by atoms with E-state index in [9.17, 15) is 4.79 Å². The Hall–Kier alpha value is -1.69. The zero-order valence-corrected chi connectivity index (χ0v) is 12.4. The number of morpholine rings is 1. The van der Waals surface area contributed by atoms with Gasteiger partial charge in [-0.15, -0.1) is 0 Å². The summed E-state index contributed by atoms with van der Waals surface area (Å²) in [5.41, 5.74) is 2.33. The van der Waals surface area contributed by atoms with Gasteiger partial charge in [0, 0.05) is 17.8 Å². The minimum atomic E-state index is -0.411. The topological polar surface area (TPSA) is 64.6 Å². The summed E-state index contributed by atoms with van der Waals surface area (Å²) in [5.74, 6) is 0.622. The molecule has 0 N–H and O–H groups in total. The molecule has 0 amide bonds. The fourth-order valence-electron chi connectivity index (χ4n) is 3.12. The summed E-state index contributed by atoms with van der Waals surface area (Å²) in [5, 5.41) is 0. The zero-order chi connectivity index (χ0) is 14.7. The van der Waals surface area contributed by atoms with E-state index < -0.39 is 6.04 Å². The summed E-state index contributed by atoms with van der Waals surface area (Å²) in [4.78, 5) is 22.9. The summed E-state index contributed by atoms with van der Waals surface area (Å²) in [6.07, 6.45) is 7.14. The fraction of sp³-hybridized carbons (Fsp3) is 0.667. The summed E-state index contributed by atoms with van der Waals surface area (Å²) >= 11 is 0. The number of nitrogens with zero attached hydrogens (tertiary/aromatic N) is 3. The van der Waals surface area contributed by atoms with Crippen LogP contribution in [-0.4, -0.2) is 48.8 Å². The molecule has 6 heteroatoms. The molecule has 1 saturated heterocycles. The fourth-order valence-corrected chi connectivity index (χ4v) is 3.12. The molecule has 2 aliphatic rings. The van der Waals surface area contributed by atoms with Crippen molar-refractivity contribution in [1.82, 2.24) is 9.97 Å². The van der Waals surface area contributed by atoms with Crippen molar-refractivity contribution in [1.29, 1.82) is 0 Å². The van der Waals surface area contributed by atoms with Gasteiger partial charge in [0.25, 0.3) is 0 Å². The predicted octanol–water partition coefficient (Wildman–Crippen LogP) is 1.12. The number of carbonyl (C=O) groups excluding carboxylic acids is 1. The van der Waals surface area contributed by atoms with Crippen LogP contribution in [0.5, 0.6) is 0 Å². The smallest absolute Gasteiger partial charge is 0.330 e. The number of anilines is 1. The lowest BCUT2D eigenvalue weighted by molar-refractivity contribution is -0.144. The largest absolute Gasteiger partial charge is 0.467 e. The summed E-state index contributed by atoms with van der Waals surface area (Å²) < 4.78 is 10.3. The molecule has 0 aromatic carbocycles. The van der Waals surface area contributed by atoms with Crippen molar-refractivity contribution in [2.24, 2.45) is 0 Å². The Balaban J connectivity index is 1.96. The van der Waals surface area contributed by atoms with Gasteiger partial charge in [0.1, 0.15) is 12.1 Å². The Morgan fingerprint density at radius 2 is 2.19 bits per heavy atom. The number of ether oxygens (including phenoxy) is 2. The first-order chi connectivity index (χ1) is 10.3. The van der Waals surface area contributed by atoms with Crippen molar-refractivity contribution in [2.75, 3.05) is 31.8 Å². The van der Waals surface area contributed by atoms with Gasteiger partial charge in [-0.25, -0.2) is 14.8 Å². The average molecular weight is 291 g/mol. The number of methoxy groups -OCH3 is 1. The van der Waals surface area contributed by atoms with Crippen LogP contribution in [0.1, 0.15) is 30.5 Å². The van der Waals surface area contributed by atoms with Gasteiger partial charge >= 0.3 is 5.97 Å². The molecule has 0 saturated carbocycles. The summed E-state index contributed by atoms with van der Waals surface area (Å²) in [6.45, 7) is 1.61. The van der Waals surface area contributed by atoms with Crippen molar-refractivity contribution in [3.05, 3.63) is 17.6 Å². The maximum Gasteiger partial charge on any atom is 0.330 e. The number of esters is 1. The van der Waals surface area contributed by atoms with Crippen LogP contribution in [-0.2, 0) is 27.1 Å². The van der Waals surface area contributed by atoms with E-state index in [0.717, 1.165) is 30.8 Å². The molecule has 0 radical (unpaired) electrons. The molecule has 0 spiro atoms. The molecule has 1 fully saturated rings. The first-order valence-electron chi connectivity index (χ1n) is 7.56. The van der Waals surface area contributed by atoms with Crippen molar-refractivity contribution >= 4 is 11.8 Å². The third-order valence-corrected chi connectivity index (χ3v) is 4.23. The van der Waals surface area contributed by atoms with Crippen LogP contribution in [0.25, 0.3) is 0 Å². The van der Waals surface area contributed by atoms with Crippen molar-refractivity contribution in [3.63, 3.8) is 0 Å². The van der Waals surface area contributed by atoms with Crippen LogP contribution in [0.4, 0.5) is 5.82 Å². The number of aryl methyl sites for hydroxylation is 1. The number of aromatic nitrogens is 2. The normalized spacial score (nSPS) is 22.3. The van der Waals surface area contributed by atoms with Gasteiger partial charge in [-0.2, -0.15) is 0 Å². The molecule has 114 valence electrons. The molecule has 1 unspecified atom stereocenters. The van der Waals surface area contributed by atoms with E-state index in [1.807, 2.05) is 4.90 Å². The van der Waals surface area contributed by atoms with Crippen LogP contribution in [0.3, 0.4) is 0 Å². The molecule has 1 aromatic heterocycles. The highest BCUT2D eigenvalue weighted by atomic mass is 16.5. The van der Waals surface area contributed by atoms with E-state index in [1.54, 1.807) is 6.33 Å². The molecule has 1 aliphatic carbocycles. The molecule has 0 bridgehead atoms. The number of fused-ring (bicyclic) bond motifs is 1. The van der Waals surface area contributed by atoms with Crippen LogP contribution >= 0.6 is 0 Å². The van der Waals surface area contributed by atoms with E-state index in [2.05, 4.69) is 9.97 Å². The number of hydrogen-bond donors (Lipinski definition) is 0. The lowest BCUT2D eigenvalue weighted by Gasteiger charge is -2.35. The van der Waals surface area contributed by atoms with Crippen molar-refractivity contribution < 1.29 is 14.3 Å². The Kier molecular flexibility index (Phi) is 4.34. The zero-order valence-electron chi connectivity index (χ0n) is 12.4. The van der Waals surface area contributed by atoms with Crippen LogP contribution in [0.15, 0.2) is 6.33 Å². The minimum absolute atomic E-state index is 0.268. The minimum Gasteiger partial charge on any atom is -0.467 e. The Morgan fingerprint density at radius 1 is 1.33 bits per heavy atom. The molecule has 21 heavy (non-hydrogen) atoms. The molecule has 1 atom stereocenters. The van der Waals surface area contributed by atoms with E-state index in [-0.39, 0.29) is 5.97 Å². The Morgan fingerprint density at radius 3 is 3.05 bits per heavy atom. The van der Waals surface area contributed by atoms with Gasteiger partial charge in [0.2, 0.25) is 0 Å². The first kappa shape index (κ1) is 14.3. The second kappa shape index (κ2) is 6.39. The van der Waals surface area contributed by atoms with Gasteiger partial charge in [-0.3, -0.25) is 0 Å². The molecule has 2 heterocycles. The Labute approximate surface area is 124 Å². The third-order valence-electron chi connectivity index (χ3n) is 4.23. The number of rotatable bonds is 2. The second-order valence-corrected chi connectivity index (χ2v) is 5.49. The molecule has 1 aliphatic heterocycles. The van der Waals surface area contributed by atoms with Gasteiger partial charge < -0.3 is 14.4 Å². The highest BCUT2D eigenvalue weighted by Gasteiger charge is 2.33. The summed E-state index contributed by atoms with van der Waals surface area (Å²) in [6, 6.07) is -0.411. The van der Waals surface area contributed by atoms with Gasteiger partial charge in [0.15, 0.2) is 6.04 Å². The van der Waals surface area contributed by atoms with E-state index in [0.29, 0.717) is 19.8 Å². The van der Waals surface area contributed by atoms with E-state index >= 15 is 0 Å². The lowest BCUT2D eigenvalue weighted by Crippen LogP contribution is -2.51. The Bertz CT molecular complexity index is 521. The van der Waals surface area contributed by atoms with Gasteiger partial charge in [-0.1, -0.05) is 6.42 Å². The third kappa shape index (κ3) is 2.85. The second-order valence-electron chi connectivity index (χ2n) is 5.49. The highest BCUT2D eigenvalue weighted by molar-refractivity contribution is 5.80.